The van der Waals surface area contributed by atoms with Crippen LogP contribution in [0.4, 0.5) is 11.4 Å². The third kappa shape index (κ3) is 5.45. The number of hydrogen-bond donors (Lipinski definition) is 1. The van der Waals surface area contributed by atoms with Crippen molar-refractivity contribution in [2.75, 3.05) is 16.7 Å². The second kappa shape index (κ2) is 8.58. The van der Waals surface area contributed by atoms with Gasteiger partial charge in [0, 0.05) is 27.4 Å². The van der Waals surface area contributed by atoms with Crippen molar-refractivity contribution in [3.05, 3.63) is 46.4 Å². The molecular weight excluding hydrogens is 527 g/mol. The van der Waals surface area contributed by atoms with E-state index in [2.05, 4.69) is 0 Å². The van der Waals surface area contributed by atoms with Gasteiger partial charge in [-0.3, -0.25) is 4.90 Å². The van der Waals surface area contributed by atoms with E-state index in [1.165, 1.54) is 28.4 Å². The minimum atomic E-state index is -4.59. The molecule has 14 heteroatoms. The van der Waals surface area contributed by atoms with Gasteiger partial charge in [0.25, 0.3) is 0 Å². The zero-order valence-corrected chi connectivity index (χ0v) is 20.3. The van der Waals surface area contributed by atoms with Crippen LogP contribution in [-0.4, -0.2) is 48.4 Å². The Morgan fingerprint density at radius 3 is 2.23 bits per heavy atom. The van der Waals surface area contributed by atoms with Crippen molar-refractivity contribution in [2.45, 2.75) is 27.0 Å². The highest BCUT2D eigenvalue weighted by atomic mass is 35.5. The van der Waals surface area contributed by atoms with Crippen molar-refractivity contribution >= 4 is 78.3 Å². The Hall–Kier alpha value is -0.700. The summed E-state index contributed by atoms with van der Waals surface area (Å²) in [6.07, 6.45) is 0.300. The van der Waals surface area contributed by atoms with Gasteiger partial charge in [-0.05, 0) is 30.3 Å². The lowest BCUT2D eigenvalue weighted by Crippen LogP contribution is -3.10. The first-order valence-corrected chi connectivity index (χ1v) is 14.5. The van der Waals surface area contributed by atoms with Crippen LogP contribution in [0.15, 0.2) is 46.2 Å². The first-order chi connectivity index (χ1) is 14.4. The van der Waals surface area contributed by atoms with Crippen molar-refractivity contribution in [3.63, 3.8) is 0 Å². The van der Waals surface area contributed by atoms with Gasteiger partial charge < -0.3 is 14.0 Å². The van der Waals surface area contributed by atoms with E-state index in [0.717, 1.165) is 9.79 Å². The highest BCUT2D eigenvalue weighted by Gasteiger charge is 2.42. The number of quaternary nitrogens is 1. The Morgan fingerprint density at radius 2 is 1.58 bits per heavy atom. The largest absolute Gasteiger partial charge is 0.747 e. The van der Waals surface area contributed by atoms with Crippen LogP contribution < -0.4 is 9.80 Å². The zero-order valence-electron chi connectivity index (χ0n) is 15.5. The van der Waals surface area contributed by atoms with Crippen molar-refractivity contribution in [2.24, 2.45) is 0 Å². The van der Waals surface area contributed by atoms with E-state index in [0.29, 0.717) is 32.7 Å². The molecule has 2 aliphatic heterocycles. The van der Waals surface area contributed by atoms with Gasteiger partial charge in [-0.2, -0.15) is 0 Å². The standard InChI is InChI=1S/C17H16Cl2N2O6S4/c18-10-1-3-14-12(5-10)20(8-30(22,23)24)16(28-14)7-17-21(9-31(25,26)27)13-6-11(19)2-4-15(13)29-17/h1-6,16-17H,7-9H2,(H,22,23,24)(H,25,26,27)/p-1. The molecule has 8 nitrogen and oxygen atoms in total. The number of hydrogen-bond acceptors (Lipinski definition) is 9. The van der Waals surface area contributed by atoms with Crippen LogP contribution in [-0.2, 0) is 20.2 Å². The van der Waals surface area contributed by atoms with Gasteiger partial charge in [0.15, 0.2) is 5.88 Å². The van der Waals surface area contributed by atoms with Gasteiger partial charge >= 0.3 is 0 Å². The molecule has 4 rings (SSSR count). The maximum atomic E-state index is 11.6. The number of benzene rings is 2. The van der Waals surface area contributed by atoms with Crippen LogP contribution in [0.25, 0.3) is 0 Å². The van der Waals surface area contributed by atoms with Crippen molar-refractivity contribution in [1.29, 1.82) is 0 Å². The molecule has 0 bridgehead atoms. The van der Waals surface area contributed by atoms with Gasteiger partial charge in [-0.15, -0.1) is 0 Å². The summed E-state index contributed by atoms with van der Waals surface area (Å²) in [6.45, 7) is 0. The van der Waals surface area contributed by atoms with Crippen LogP contribution in [0.5, 0.6) is 0 Å². The molecule has 1 N–H and O–H groups in total. The van der Waals surface area contributed by atoms with E-state index in [1.54, 1.807) is 36.4 Å². The summed E-state index contributed by atoms with van der Waals surface area (Å²) in [5.41, 5.74) is 1.14. The molecule has 0 aromatic heterocycles. The number of halogens is 2. The smallest absolute Gasteiger partial charge is 0.173 e. The molecular formula is C17H15Cl2N2O6S4-. The summed E-state index contributed by atoms with van der Waals surface area (Å²) in [5.74, 6) is -1.42. The number of fused-ring (bicyclic) bond motifs is 2. The third-order valence-corrected chi connectivity index (χ3v) is 9.25. The Morgan fingerprint density at radius 1 is 0.935 bits per heavy atom. The first-order valence-electron chi connectivity index (χ1n) is 8.82. The van der Waals surface area contributed by atoms with Crippen LogP contribution >= 0.6 is 46.7 Å². The SMILES string of the molecule is O=S(=O)([O-])CN1c2cc(Cl)ccc2SC1CC1Sc2ccc(Cl)cc2[NH+]1CS(=O)(=O)[O-]. The van der Waals surface area contributed by atoms with E-state index in [1.807, 2.05) is 0 Å². The summed E-state index contributed by atoms with van der Waals surface area (Å²) in [4.78, 5) is 3.45. The highest BCUT2D eigenvalue weighted by Crippen LogP contribution is 2.48. The molecule has 0 saturated heterocycles. The molecule has 31 heavy (non-hydrogen) atoms. The molecule has 0 aliphatic carbocycles. The molecule has 0 fully saturated rings. The summed E-state index contributed by atoms with van der Waals surface area (Å²) >= 11 is 14.9. The van der Waals surface area contributed by atoms with Crippen LogP contribution in [0.1, 0.15) is 6.42 Å². The number of anilines is 1. The fourth-order valence-corrected chi connectivity index (χ4v) is 8.47. The number of thioether (sulfide) groups is 2. The minimum absolute atomic E-state index is 0.300. The average Bonchev–Trinajstić information content (AvgIpc) is 3.11. The zero-order chi connectivity index (χ0) is 22.6. The topological polar surface area (TPSA) is 122 Å². The fraction of sp³-hybridized carbons (Fsp3) is 0.294. The lowest BCUT2D eigenvalue weighted by atomic mass is 10.2. The Balaban J connectivity index is 1.66. The molecule has 2 heterocycles. The fourth-order valence-electron chi connectivity index (χ4n) is 3.67. The molecule has 0 radical (unpaired) electrons. The lowest BCUT2D eigenvalue weighted by molar-refractivity contribution is -0.829. The molecule has 0 saturated carbocycles. The Labute approximate surface area is 198 Å². The quantitative estimate of drug-likeness (QED) is 0.548. The second-order valence-electron chi connectivity index (χ2n) is 7.05. The van der Waals surface area contributed by atoms with E-state index < -0.39 is 42.7 Å². The molecule has 2 aliphatic rings. The van der Waals surface area contributed by atoms with Crippen LogP contribution in [0.2, 0.25) is 10.0 Å². The van der Waals surface area contributed by atoms with Crippen molar-refractivity contribution < 1.29 is 30.8 Å². The van der Waals surface area contributed by atoms with E-state index in [9.17, 15) is 25.9 Å². The maximum absolute atomic E-state index is 11.6. The molecule has 0 spiro atoms. The van der Waals surface area contributed by atoms with Crippen LogP contribution in [0, 0.1) is 0 Å². The molecule has 2 aromatic rings. The summed E-state index contributed by atoms with van der Waals surface area (Å²) in [6, 6.07) is 10.1. The predicted octanol–water partition coefficient (Wildman–Crippen LogP) is 2.28. The second-order valence-corrected chi connectivity index (χ2v) is 13.2. The van der Waals surface area contributed by atoms with Gasteiger partial charge in [0.05, 0.1) is 16.0 Å². The Kier molecular flexibility index (Phi) is 6.49. The van der Waals surface area contributed by atoms with Gasteiger partial charge in [0.1, 0.15) is 37.2 Å². The van der Waals surface area contributed by atoms with E-state index in [4.69, 9.17) is 23.2 Å². The predicted molar refractivity (Wildman–Crippen MR) is 119 cm³/mol. The van der Waals surface area contributed by atoms with E-state index in [-0.39, 0.29) is 0 Å². The van der Waals surface area contributed by atoms with Gasteiger partial charge in [0.2, 0.25) is 0 Å². The summed E-state index contributed by atoms with van der Waals surface area (Å²) in [7, 11) is -9.15. The Bertz CT molecular complexity index is 1150. The first kappa shape index (κ1) is 23.5. The number of nitrogens with zero attached hydrogens (tertiary/aromatic N) is 1. The summed E-state index contributed by atoms with van der Waals surface area (Å²) < 4.78 is 69.3. The molecule has 3 atom stereocenters. The molecule has 3 unspecified atom stereocenters. The summed E-state index contributed by atoms with van der Waals surface area (Å²) in [5, 5.41) is -0.0624. The highest BCUT2D eigenvalue weighted by molar-refractivity contribution is 8.01. The van der Waals surface area contributed by atoms with Crippen molar-refractivity contribution in [3.8, 4) is 0 Å². The number of rotatable bonds is 6. The molecule has 168 valence electrons. The van der Waals surface area contributed by atoms with Crippen LogP contribution in [0.3, 0.4) is 0 Å². The lowest BCUT2D eigenvalue weighted by Gasteiger charge is -2.30. The number of nitrogens with one attached hydrogen (secondary N) is 1. The monoisotopic (exact) mass is 541 g/mol. The maximum Gasteiger partial charge on any atom is 0.173 e. The normalized spacial score (nSPS) is 23.1. The van der Waals surface area contributed by atoms with Gasteiger partial charge in [-0.25, -0.2) is 16.8 Å². The van der Waals surface area contributed by atoms with Gasteiger partial charge in [-0.1, -0.05) is 46.7 Å². The third-order valence-electron chi connectivity index (χ3n) is 4.83. The minimum Gasteiger partial charge on any atom is -0.747 e. The van der Waals surface area contributed by atoms with E-state index >= 15 is 0 Å². The molecule has 0 amide bonds. The van der Waals surface area contributed by atoms with Crippen molar-refractivity contribution in [1.82, 2.24) is 0 Å². The molecule has 2 aromatic carbocycles. The average molecular weight is 542 g/mol.